The molecule has 0 aliphatic heterocycles. The molecule has 2 N–H and O–H groups in total. The van der Waals surface area contributed by atoms with Gasteiger partial charge in [-0.1, -0.05) is 0 Å². The van der Waals surface area contributed by atoms with Crippen LogP contribution in [0.2, 0.25) is 0 Å². The Bertz CT molecular complexity index is 490. The molecule has 0 radical (unpaired) electrons. The topological polar surface area (TPSA) is 64.7 Å². The van der Waals surface area contributed by atoms with E-state index in [4.69, 9.17) is 5.73 Å². The Morgan fingerprint density at radius 3 is 2.88 bits per heavy atom. The zero-order valence-corrected chi connectivity index (χ0v) is 9.57. The molecule has 82 valence electrons. The first kappa shape index (κ1) is 9.86. The van der Waals surface area contributed by atoms with E-state index in [1.54, 1.807) is 29.9 Å². The highest BCUT2D eigenvalue weighted by Crippen LogP contribution is 2.43. The summed E-state index contributed by atoms with van der Waals surface area (Å²) in [5.41, 5.74) is 7.77. The van der Waals surface area contributed by atoms with E-state index in [1.165, 1.54) is 23.4 Å². The van der Waals surface area contributed by atoms with Crippen molar-refractivity contribution in [2.75, 3.05) is 0 Å². The Morgan fingerprint density at radius 2 is 2.25 bits per heavy atom. The number of nitrogens with two attached hydrogens (primary N) is 1. The van der Waals surface area contributed by atoms with E-state index in [0.29, 0.717) is 12.5 Å². The fourth-order valence-electron chi connectivity index (χ4n) is 1.70. The number of thiazole rings is 1. The van der Waals surface area contributed by atoms with E-state index < -0.39 is 0 Å². The third-order valence-electron chi connectivity index (χ3n) is 2.66. The van der Waals surface area contributed by atoms with Gasteiger partial charge in [-0.25, -0.2) is 4.98 Å². The maximum atomic E-state index is 5.74. The van der Waals surface area contributed by atoms with Crippen molar-refractivity contribution in [1.82, 2.24) is 15.0 Å². The van der Waals surface area contributed by atoms with E-state index in [2.05, 4.69) is 15.0 Å². The van der Waals surface area contributed by atoms with Crippen LogP contribution in [0.4, 0.5) is 0 Å². The van der Waals surface area contributed by atoms with Crippen molar-refractivity contribution in [3.05, 3.63) is 29.2 Å². The fourth-order valence-corrected chi connectivity index (χ4v) is 2.69. The van der Waals surface area contributed by atoms with Crippen molar-refractivity contribution >= 4 is 11.3 Å². The van der Waals surface area contributed by atoms with Gasteiger partial charge in [-0.3, -0.25) is 9.97 Å². The molecule has 2 aromatic rings. The maximum Gasteiger partial charge on any atom is 0.144 e. The number of hydrogen-bond acceptors (Lipinski definition) is 5. The fraction of sp³-hybridized carbons (Fsp3) is 0.364. The zero-order chi connectivity index (χ0) is 11.0. The molecule has 0 atom stereocenters. The Kier molecular flexibility index (Phi) is 2.41. The molecule has 4 nitrogen and oxygen atoms in total. The first-order valence-electron chi connectivity index (χ1n) is 5.34. The molecular weight excluding hydrogens is 220 g/mol. The monoisotopic (exact) mass is 232 g/mol. The van der Waals surface area contributed by atoms with Gasteiger partial charge in [0.15, 0.2) is 0 Å². The number of nitrogens with zero attached hydrogens (tertiary/aromatic N) is 3. The SMILES string of the molecule is NCc1sc(-c2cnccn2)nc1C1CC1. The largest absolute Gasteiger partial charge is 0.326 e. The van der Waals surface area contributed by atoms with Crippen LogP contribution in [0.3, 0.4) is 0 Å². The Hall–Kier alpha value is -1.33. The normalized spacial score (nSPS) is 15.3. The molecule has 0 aromatic carbocycles. The minimum absolute atomic E-state index is 0.573. The minimum Gasteiger partial charge on any atom is -0.326 e. The van der Waals surface area contributed by atoms with Crippen LogP contribution in [0.25, 0.3) is 10.7 Å². The predicted octanol–water partition coefficient (Wildman–Crippen LogP) is 1.94. The Balaban J connectivity index is 2.02. The Morgan fingerprint density at radius 1 is 1.38 bits per heavy atom. The zero-order valence-electron chi connectivity index (χ0n) is 8.76. The molecule has 1 fully saturated rings. The van der Waals surface area contributed by atoms with Crippen LogP contribution < -0.4 is 5.73 Å². The molecule has 5 heteroatoms. The van der Waals surface area contributed by atoms with Crippen LogP contribution in [-0.2, 0) is 6.54 Å². The van der Waals surface area contributed by atoms with Crippen LogP contribution in [0.5, 0.6) is 0 Å². The van der Waals surface area contributed by atoms with E-state index >= 15 is 0 Å². The van der Waals surface area contributed by atoms with Gasteiger partial charge in [-0.15, -0.1) is 11.3 Å². The molecule has 2 heterocycles. The maximum absolute atomic E-state index is 5.74. The van der Waals surface area contributed by atoms with Crippen LogP contribution in [0.15, 0.2) is 18.6 Å². The average Bonchev–Trinajstić information content (AvgIpc) is 3.10. The minimum atomic E-state index is 0.573. The van der Waals surface area contributed by atoms with Gasteiger partial charge in [0, 0.05) is 29.7 Å². The van der Waals surface area contributed by atoms with Gasteiger partial charge < -0.3 is 5.73 Å². The summed E-state index contributed by atoms with van der Waals surface area (Å²) >= 11 is 1.64. The van der Waals surface area contributed by atoms with Crippen molar-refractivity contribution < 1.29 is 0 Å². The molecule has 0 amide bonds. The second kappa shape index (κ2) is 3.92. The van der Waals surface area contributed by atoms with Crippen LogP contribution in [0.1, 0.15) is 29.3 Å². The van der Waals surface area contributed by atoms with Gasteiger partial charge in [0.2, 0.25) is 0 Å². The van der Waals surface area contributed by atoms with E-state index in [0.717, 1.165) is 10.7 Å². The second-order valence-corrected chi connectivity index (χ2v) is 4.98. The molecule has 16 heavy (non-hydrogen) atoms. The summed E-state index contributed by atoms with van der Waals surface area (Å²) in [5.74, 6) is 0.639. The van der Waals surface area contributed by atoms with Crippen LogP contribution >= 0.6 is 11.3 Å². The van der Waals surface area contributed by atoms with Gasteiger partial charge in [-0.2, -0.15) is 0 Å². The standard InChI is InChI=1S/C11H12N4S/c12-5-9-10(7-1-2-7)15-11(16-9)8-6-13-3-4-14-8/h3-4,6-7H,1-2,5,12H2. The third-order valence-corrected chi connectivity index (χ3v) is 3.78. The number of hydrogen-bond donors (Lipinski definition) is 1. The van der Waals surface area contributed by atoms with E-state index in [-0.39, 0.29) is 0 Å². The first-order valence-corrected chi connectivity index (χ1v) is 6.16. The summed E-state index contributed by atoms with van der Waals surface area (Å²) in [4.78, 5) is 14.2. The predicted molar refractivity (Wildman–Crippen MR) is 63.0 cm³/mol. The molecule has 0 bridgehead atoms. The number of rotatable bonds is 3. The van der Waals surface area contributed by atoms with Crippen LogP contribution in [-0.4, -0.2) is 15.0 Å². The van der Waals surface area contributed by atoms with Gasteiger partial charge in [-0.05, 0) is 12.8 Å². The van der Waals surface area contributed by atoms with Gasteiger partial charge in [0.1, 0.15) is 10.7 Å². The third kappa shape index (κ3) is 1.72. The van der Waals surface area contributed by atoms with Gasteiger partial charge in [0.25, 0.3) is 0 Å². The summed E-state index contributed by atoms with van der Waals surface area (Å²) in [7, 11) is 0. The Labute approximate surface area is 97.6 Å². The second-order valence-electron chi connectivity index (χ2n) is 3.90. The molecule has 0 saturated heterocycles. The summed E-state index contributed by atoms with van der Waals surface area (Å²) in [6, 6.07) is 0. The van der Waals surface area contributed by atoms with Gasteiger partial charge in [0.05, 0.1) is 11.9 Å². The summed E-state index contributed by atoms with van der Waals surface area (Å²) in [6.07, 6.45) is 7.60. The summed E-state index contributed by atoms with van der Waals surface area (Å²) in [6.45, 7) is 0.573. The lowest BCUT2D eigenvalue weighted by molar-refractivity contribution is 0.978. The highest BCUT2D eigenvalue weighted by atomic mass is 32.1. The smallest absolute Gasteiger partial charge is 0.144 e. The van der Waals surface area contributed by atoms with Crippen molar-refractivity contribution in [3.8, 4) is 10.7 Å². The van der Waals surface area contributed by atoms with Crippen molar-refractivity contribution in [1.29, 1.82) is 0 Å². The lowest BCUT2D eigenvalue weighted by Gasteiger charge is -1.93. The average molecular weight is 232 g/mol. The quantitative estimate of drug-likeness (QED) is 0.878. The molecule has 2 aromatic heterocycles. The molecule has 1 saturated carbocycles. The highest BCUT2D eigenvalue weighted by molar-refractivity contribution is 7.15. The van der Waals surface area contributed by atoms with Crippen molar-refractivity contribution in [3.63, 3.8) is 0 Å². The van der Waals surface area contributed by atoms with Gasteiger partial charge >= 0.3 is 0 Å². The summed E-state index contributed by atoms with van der Waals surface area (Å²) in [5, 5.41) is 0.940. The molecular formula is C11H12N4S. The lowest BCUT2D eigenvalue weighted by Crippen LogP contribution is -1.96. The first-order chi connectivity index (χ1) is 7.88. The summed E-state index contributed by atoms with van der Waals surface area (Å²) < 4.78 is 0. The number of aromatic nitrogens is 3. The van der Waals surface area contributed by atoms with Crippen molar-refractivity contribution in [2.24, 2.45) is 5.73 Å². The lowest BCUT2D eigenvalue weighted by atomic mass is 10.2. The van der Waals surface area contributed by atoms with E-state index in [9.17, 15) is 0 Å². The molecule has 1 aliphatic carbocycles. The molecule has 0 unspecified atom stereocenters. The highest BCUT2D eigenvalue weighted by Gasteiger charge is 2.29. The van der Waals surface area contributed by atoms with E-state index in [1.807, 2.05) is 0 Å². The molecule has 0 spiro atoms. The molecule has 3 rings (SSSR count). The molecule has 1 aliphatic rings. The van der Waals surface area contributed by atoms with Crippen molar-refractivity contribution in [2.45, 2.75) is 25.3 Å². The van der Waals surface area contributed by atoms with Crippen LogP contribution in [0, 0.1) is 0 Å².